The molecule has 0 bridgehead atoms. The molecule has 2 aromatic rings. The van der Waals surface area contributed by atoms with Crippen molar-refractivity contribution in [2.24, 2.45) is 0 Å². The molecule has 21 heavy (non-hydrogen) atoms. The van der Waals surface area contributed by atoms with Crippen molar-refractivity contribution in [1.82, 2.24) is 9.55 Å². The number of nitrogens with zero attached hydrogens (tertiary/aromatic N) is 3. The predicted molar refractivity (Wildman–Crippen MR) is 72.7 cm³/mol. The summed E-state index contributed by atoms with van der Waals surface area (Å²) in [4.78, 5) is 36.5. The molecule has 0 amide bonds. The van der Waals surface area contributed by atoms with Gasteiger partial charge in [-0.2, -0.15) is 0 Å². The van der Waals surface area contributed by atoms with Crippen LogP contribution in [0.15, 0.2) is 35.4 Å². The lowest BCUT2D eigenvalue weighted by Gasteiger charge is -2.08. The molecule has 0 atom stereocenters. The van der Waals surface area contributed by atoms with Gasteiger partial charge in [0.05, 0.1) is 22.7 Å². The van der Waals surface area contributed by atoms with E-state index in [1.54, 1.807) is 0 Å². The lowest BCUT2D eigenvalue weighted by molar-refractivity contribution is -0.385. The smallest absolute Gasteiger partial charge is 0.347 e. The topological polar surface area (TPSA) is 115 Å². The first kappa shape index (κ1) is 14.7. The van der Waals surface area contributed by atoms with E-state index in [9.17, 15) is 19.7 Å². The molecule has 0 saturated heterocycles. The number of hydrogen-bond donors (Lipinski definition) is 1. The van der Waals surface area contributed by atoms with Crippen molar-refractivity contribution in [3.8, 4) is 0 Å². The molecule has 9 heteroatoms. The summed E-state index contributed by atoms with van der Waals surface area (Å²) in [5.41, 5.74) is -1.53. The zero-order valence-electron chi connectivity index (χ0n) is 10.4. The molecular weight excluding hydrogens is 302 g/mol. The highest BCUT2D eigenvalue weighted by Gasteiger charge is 2.23. The molecule has 0 unspecified atom stereocenters. The van der Waals surface area contributed by atoms with Gasteiger partial charge in [-0.15, -0.1) is 0 Å². The minimum Gasteiger partial charge on any atom is -0.477 e. The number of carbonyl (C=O) groups is 1. The molecule has 0 aliphatic rings. The molecule has 108 valence electrons. The maximum absolute atomic E-state index is 11.6. The summed E-state index contributed by atoms with van der Waals surface area (Å²) < 4.78 is 1.08. The first-order chi connectivity index (χ1) is 9.90. The summed E-state index contributed by atoms with van der Waals surface area (Å²) >= 11 is 5.72. The summed E-state index contributed by atoms with van der Waals surface area (Å²) in [5, 5.41) is 20.2. The van der Waals surface area contributed by atoms with Gasteiger partial charge in [-0.3, -0.25) is 14.7 Å². The monoisotopic (exact) mass is 309 g/mol. The average molecular weight is 310 g/mol. The molecule has 0 radical (unpaired) electrons. The van der Waals surface area contributed by atoms with E-state index in [-0.39, 0.29) is 17.1 Å². The molecule has 1 N–H and O–H groups in total. The van der Waals surface area contributed by atoms with Gasteiger partial charge in [0.2, 0.25) is 0 Å². The number of nitro groups is 1. The SMILES string of the molecule is O=C(O)c1c(Cn2cc(Cl)cnc2=O)cccc1[N+](=O)[O-]. The Labute approximate surface area is 122 Å². The minimum absolute atomic E-state index is 0.114. The highest BCUT2D eigenvalue weighted by atomic mass is 35.5. The Morgan fingerprint density at radius 3 is 2.81 bits per heavy atom. The van der Waals surface area contributed by atoms with Crippen LogP contribution in [0.5, 0.6) is 0 Å². The number of carboxylic acid groups (broad SMARTS) is 1. The van der Waals surface area contributed by atoms with Gasteiger partial charge in [0, 0.05) is 12.3 Å². The standard InChI is InChI=1S/C12H8ClN3O5/c13-8-4-14-12(19)15(6-8)5-7-2-1-3-9(16(20)21)10(7)11(17)18/h1-4,6H,5H2,(H,17,18). The van der Waals surface area contributed by atoms with Crippen molar-refractivity contribution in [2.75, 3.05) is 0 Å². The summed E-state index contributed by atoms with van der Waals surface area (Å²) in [6.45, 7) is -0.185. The van der Waals surface area contributed by atoms with Gasteiger partial charge < -0.3 is 5.11 Å². The molecule has 0 saturated carbocycles. The second kappa shape index (κ2) is 5.71. The molecule has 1 heterocycles. The van der Waals surface area contributed by atoms with Crippen LogP contribution in [0.25, 0.3) is 0 Å². The van der Waals surface area contributed by atoms with Crippen molar-refractivity contribution in [3.05, 3.63) is 67.3 Å². The lowest BCUT2D eigenvalue weighted by Crippen LogP contribution is -2.23. The van der Waals surface area contributed by atoms with Crippen LogP contribution >= 0.6 is 11.6 Å². The van der Waals surface area contributed by atoms with Gasteiger partial charge >= 0.3 is 11.7 Å². The fourth-order valence-corrected chi connectivity index (χ4v) is 2.01. The predicted octanol–water partition coefficient (Wildman–Crippen LogP) is 1.55. The molecule has 0 aliphatic carbocycles. The summed E-state index contributed by atoms with van der Waals surface area (Å²) in [7, 11) is 0. The second-order valence-corrected chi connectivity index (χ2v) is 4.49. The molecule has 0 aliphatic heterocycles. The van der Waals surface area contributed by atoms with E-state index in [2.05, 4.69) is 4.98 Å². The van der Waals surface area contributed by atoms with E-state index in [0.29, 0.717) is 0 Å². The first-order valence-corrected chi connectivity index (χ1v) is 5.99. The number of benzene rings is 1. The van der Waals surface area contributed by atoms with E-state index in [1.807, 2.05) is 0 Å². The highest BCUT2D eigenvalue weighted by molar-refractivity contribution is 6.30. The fourth-order valence-electron chi connectivity index (χ4n) is 1.84. The number of carboxylic acids is 1. The number of hydrogen-bond acceptors (Lipinski definition) is 5. The number of halogens is 1. The third kappa shape index (κ3) is 3.06. The van der Waals surface area contributed by atoms with Crippen LogP contribution in [0.4, 0.5) is 5.69 Å². The Balaban J connectivity index is 2.57. The molecule has 0 spiro atoms. The van der Waals surface area contributed by atoms with Crippen molar-refractivity contribution in [1.29, 1.82) is 0 Å². The van der Waals surface area contributed by atoms with E-state index in [4.69, 9.17) is 16.7 Å². The largest absolute Gasteiger partial charge is 0.477 e. The molecule has 1 aromatic heterocycles. The van der Waals surface area contributed by atoms with Crippen LogP contribution in [0.1, 0.15) is 15.9 Å². The van der Waals surface area contributed by atoms with E-state index >= 15 is 0 Å². The van der Waals surface area contributed by atoms with Crippen LogP contribution in [-0.4, -0.2) is 25.6 Å². The van der Waals surface area contributed by atoms with Crippen LogP contribution in [-0.2, 0) is 6.54 Å². The molecule has 2 rings (SSSR count). The van der Waals surface area contributed by atoms with Crippen LogP contribution in [0, 0.1) is 10.1 Å². The summed E-state index contributed by atoms with van der Waals surface area (Å²) in [5.74, 6) is -1.44. The van der Waals surface area contributed by atoms with Gasteiger partial charge in [-0.25, -0.2) is 14.6 Å². The molecule has 0 fully saturated rings. The van der Waals surface area contributed by atoms with Crippen LogP contribution in [0.3, 0.4) is 0 Å². The number of nitro benzene ring substituents is 1. The maximum atomic E-state index is 11.6. The van der Waals surface area contributed by atoms with Crippen LogP contribution in [0.2, 0.25) is 5.02 Å². The van der Waals surface area contributed by atoms with Gasteiger partial charge in [0.1, 0.15) is 5.56 Å². The third-order valence-corrected chi connectivity index (χ3v) is 2.90. The number of aromatic nitrogens is 2. The van der Waals surface area contributed by atoms with E-state index < -0.39 is 27.8 Å². The Morgan fingerprint density at radius 2 is 2.19 bits per heavy atom. The Hall–Kier alpha value is -2.74. The summed E-state index contributed by atoms with van der Waals surface area (Å²) in [6, 6.07) is 3.83. The van der Waals surface area contributed by atoms with Crippen molar-refractivity contribution >= 4 is 23.3 Å². The zero-order chi connectivity index (χ0) is 15.6. The van der Waals surface area contributed by atoms with Crippen molar-refractivity contribution in [2.45, 2.75) is 6.54 Å². The Morgan fingerprint density at radius 1 is 1.48 bits per heavy atom. The summed E-state index contributed by atoms with van der Waals surface area (Å²) in [6.07, 6.45) is 2.44. The molecule has 1 aromatic carbocycles. The highest BCUT2D eigenvalue weighted by Crippen LogP contribution is 2.23. The van der Waals surface area contributed by atoms with E-state index in [1.165, 1.54) is 18.3 Å². The van der Waals surface area contributed by atoms with Crippen molar-refractivity contribution in [3.63, 3.8) is 0 Å². The number of aromatic carboxylic acids is 1. The van der Waals surface area contributed by atoms with Gasteiger partial charge in [0.15, 0.2) is 0 Å². The quantitative estimate of drug-likeness (QED) is 0.676. The lowest BCUT2D eigenvalue weighted by atomic mass is 10.1. The zero-order valence-corrected chi connectivity index (χ0v) is 11.1. The average Bonchev–Trinajstić information content (AvgIpc) is 2.42. The first-order valence-electron chi connectivity index (χ1n) is 5.61. The Bertz CT molecular complexity index is 787. The number of rotatable bonds is 4. The van der Waals surface area contributed by atoms with Gasteiger partial charge in [-0.05, 0) is 5.56 Å². The molecular formula is C12H8ClN3O5. The van der Waals surface area contributed by atoms with Crippen LogP contribution < -0.4 is 5.69 Å². The maximum Gasteiger partial charge on any atom is 0.347 e. The fraction of sp³-hybridized carbons (Fsp3) is 0.0833. The minimum atomic E-state index is -1.44. The normalized spacial score (nSPS) is 10.3. The van der Waals surface area contributed by atoms with Gasteiger partial charge in [0.25, 0.3) is 5.69 Å². The Kier molecular flexibility index (Phi) is 3.99. The van der Waals surface area contributed by atoms with Gasteiger partial charge in [-0.1, -0.05) is 23.7 Å². The van der Waals surface area contributed by atoms with Crippen molar-refractivity contribution < 1.29 is 14.8 Å². The van der Waals surface area contributed by atoms with E-state index in [0.717, 1.165) is 16.8 Å². The molecule has 8 nitrogen and oxygen atoms in total. The third-order valence-electron chi connectivity index (χ3n) is 2.70. The second-order valence-electron chi connectivity index (χ2n) is 4.06.